The average molecular weight is 334 g/mol. The molecule has 4 heteroatoms. The van der Waals surface area contributed by atoms with Gasteiger partial charge in [0.2, 0.25) is 0 Å². The second kappa shape index (κ2) is 7.56. The van der Waals surface area contributed by atoms with Gasteiger partial charge in [-0.05, 0) is 35.8 Å². The van der Waals surface area contributed by atoms with Crippen LogP contribution in [-0.2, 0) is 10.2 Å². The van der Waals surface area contributed by atoms with E-state index in [0.29, 0.717) is 12.3 Å². The molecule has 2 N–H and O–H groups in total. The van der Waals surface area contributed by atoms with Crippen LogP contribution in [0.1, 0.15) is 64.4 Å². The number of benzene rings is 1. The fourth-order valence-corrected chi connectivity index (χ4v) is 4.13. The fourth-order valence-electron chi connectivity index (χ4n) is 4.13. The predicted molar refractivity (Wildman–Crippen MR) is 94.4 cm³/mol. The standard InChI is InChI=1S/C20H30O4/c1-19(2,16-11-7-8-12-17(16)24-3)14-20(23,18(21)22)13-15-9-5-4-6-10-15/h7-8,11-12,15,23H,4-6,9-10,13-14H2,1-3H3,(H,21,22). The van der Waals surface area contributed by atoms with Gasteiger partial charge >= 0.3 is 5.97 Å². The highest BCUT2D eigenvalue weighted by Gasteiger charge is 2.44. The van der Waals surface area contributed by atoms with E-state index in [2.05, 4.69) is 0 Å². The normalized spacial score (nSPS) is 18.8. The van der Waals surface area contributed by atoms with Gasteiger partial charge in [-0.1, -0.05) is 64.2 Å². The number of para-hydroxylation sites is 1. The van der Waals surface area contributed by atoms with Crippen LogP contribution in [0.5, 0.6) is 5.75 Å². The number of carboxylic acids is 1. The number of methoxy groups -OCH3 is 1. The molecular formula is C20H30O4. The van der Waals surface area contributed by atoms with Crippen LogP contribution < -0.4 is 4.74 Å². The highest BCUT2D eigenvalue weighted by Crippen LogP contribution is 2.41. The molecule has 24 heavy (non-hydrogen) atoms. The Labute approximate surface area is 144 Å². The minimum Gasteiger partial charge on any atom is -0.496 e. The number of carboxylic acid groups (broad SMARTS) is 1. The molecule has 0 radical (unpaired) electrons. The Morgan fingerprint density at radius 3 is 2.42 bits per heavy atom. The van der Waals surface area contributed by atoms with E-state index in [9.17, 15) is 15.0 Å². The van der Waals surface area contributed by atoms with Gasteiger partial charge in [0, 0.05) is 0 Å². The van der Waals surface area contributed by atoms with Crippen molar-refractivity contribution in [3.05, 3.63) is 29.8 Å². The molecule has 134 valence electrons. The Bertz CT molecular complexity index is 561. The highest BCUT2D eigenvalue weighted by molar-refractivity contribution is 5.77. The zero-order valence-electron chi connectivity index (χ0n) is 15.0. The van der Waals surface area contributed by atoms with Gasteiger partial charge < -0.3 is 14.9 Å². The predicted octanol–water partition coefficient (Wildman–Crippen LogP) is 4.15. The maximum Gasteiger partial charge on any atom is 0.335 e. The van der Waals surface area contributed by atoms with E-state index < -0.39 is 17.0 Å². The fraction of sp³-hybridized carbons (Fsp3) is 0.650. The molecule has 0 heterocycles. The van der Waals surface area contributed by atoms with E-state index in [0.717, 1.165) is 37.0 Å². The Balaban J connectivity index is 2.23. The number of carbonyl (C=O) groups is 1. The molecule has 1 unspecified atom stereocenters. The SMILES string of the molecule is COc1ccccc1C(C)(C)CC(O)(CC1CCCCC1)C(=O)O. The van der Waals surface area contributed by atoms with Gasteiger partial charge in [-0.3, -0.25) is 0 Å². The van der Waals surface area contributed by atoms with Crippen molar-refractivity contribution in [3.8, 4) is 5.75 Å². The number of hydrogen-bond donors (Lipinski definition) is 2. The monoisotopic (exact) mass is 334 g/mol. The third kappa shape index (κ3) is 4.29. The number of rotatable bonds is 7. The summed E-state index contributed by atoms with van der Waals surface area (Å²) in [7, 11) is 1.61. The van der Waals surface area contributed by atoms with Gasteiger partial charge in [-0.25, -0.2) is 4.79 Å². The lowest BCUT2D eigenvalue weighted by Gasteiger charge is -2.37. The van der Waals surface area contributed by atoms with E-state index in [-0.39, 0.29) is 6.42 Å². The molecule has 4 nitrogen and oxygen atoms in total. The summed E-state index contributed by atoms with van der Waals surface area (Å²) in [5.74, 6) is -0.0859. The van der Waals surface area contributed by atoms with Crippen LogP contribution in [0.3, 0.4) is 0 Å². The van der Waals surface area contributed by atoms with Crippen LogP contribution in [0.25, 0.3) is 0 Å². The molecule has 1 aromatic carbocycles. The largest absolute Gasteiger partial charge is 0.496 e. The molecule has 0 bridgehead atoms. The van der Waals surface area contributed by atoms with Crippen molar-refractivity contribution in [2.75, 3.05) is 7.11 Å². The number of ether oxygens (including phenoxy) is 1. The molecule has 1 saturated carbocycles. The summed E-state index contributed by atoms with van der Waals surface area (Å²) < 4.78 is 5.43. The van der Waals surface area contributed by atoms with Crippen molar-refractivity contribution in [2.45, 2.75) is 69.8 Å². The van der Waals surface area contributed by atoms with E-state index in [1.807, 2.05) is 38.1 Å². The van der Waals surface area contributed by atoms with Crippen molar-refractivity contribution >= 4 is 5.97 Å². The van der Waals surface area contributed by atoms with E-state index in [1.165, 1.54) is 6.42 Å². The molecule has 1 atom stereocenters. The quantitative estimate of drug-likeness (QED) is 0.786. The summed E-state index contributed by atoms with van der Waals surface area (Å²) in [4.78, 5) is 11.9. The highest BCUT2D eigenvalue weighted by atomic mass is 16.5. The van der Waals surface area contributed by atoms with Gasteiger partial charge in [0.25, 0.3) is 0 Å². The van der Waals surface area contributed by atoms with Crippen LogP contribution in [0, 0.1) is 5.92 Å². The Hall–Kier alpha value is -1.55. The van der Waals surface area contributed by atoms with Crippen LogP contribution in [0.15, 0.2) is 24.3 Å². The summed E-state index contributed by atoms with van der Waals surface area (Å²) in [6.45, 7) is 3.94. The third-order valence-electron chi connectivity index (χ3n) is 5.32. The summed E-state index contributed by atoms with van der Waals surface area (Å²) in [6.07, 6.45) is 6.03. The van der Waals surface area contributed by atoms with Crippen LogP contribution in [0.4, 0.5) is 0 Å². The maximum atomic E-state index is 11.9. The van der Waals surface area contributed by atoms with Gasteiger partial charge in [-0.2, -0.15) is 0 Å². The first-order valence-electron chi connectivity index (χ1n) is 8.88. The Kier molecular flexibility index (Phi) is 5.92. The van der Waals surface area contributed by atoms with Gasteiger partial charge in [0.1, 0.15) is 5.75 Å². The van der Waals surface area contributed by atoms with Crippen molar-refractivity contribution in [3.63, 3.8) is 0 Å². The molecule has 1 fully saturated rings. The topological polar surface area (TPSA) is 66.8 Å². The minimum atomic E-state index is -1.70. The van der Waals surface area contributed by atoms with Crippen molar-refractivity contribution in [2.24, 2.45) is 5.92 Å². The first kappa shape index (κ1) is 18.8. The lowest BCUT2D eigenvalue weighted by Crippen LogP contribution is -2.45. The van der Waals surface area contributed by atoms with E-state index >= 15 is 0 Å². The molecule has 0 aromatic heterocycles. The third-order valence-corrected chi connectivity index (χ3v) is 5.32. The molecule has 0 amide bonds. The first-order valence-corrected chi connectivity index (χ1v) is 8.88. The molecular weight excluding hydrogens is 304 g/mol. The number of hydrogen-bond acceptors (Lipinski definition) is 3. The average Bonchev–Trinajstić information content (AvgIpc) is 2.55. The molecule has 1 aromatic rings. The van der Waals surface area contributed by atoms with Crippen LogP contribution >= 0.6 is 0 Å². The van der Waals surface area contributed by atoms with E-state index in [1.54, 1.807) is 7.11 Å². The van der Waals surface area contributed by atoms with Crippen molar-refractivity contribution in [1.82, 2.24) is 0 Å². The Morgan fingerprint density at radius 1 is 1.21 bits per heavy atom. The summed E-state index contributed by atoms with van der Waals surface area (Å²) in [5.41, 5.74) is -1.28. The molecule has 1 aliphatic carbocycles. The second-order valence-electron chi connectivity index (χ2n) is 7.81. The maximum absolute atomic E-state index is 11.9. The zero-order chi connectivity index (χ0) is 17.8. The van der Waals surface area contributed by atoms with Crippen LogP contribution in [-0.4, -0.2) is 28.9 Å². The first-order chi connectivity index (χ1) is 11.3. The van der Waals surface area contributed by atoms with Gasteiger partial charge in [-0.15, -0.1) is 0 Å². The number of aliphatic hydroxyl groups is 1. The lowest BCUT2D eigenvalue weighted by atomic mass is 9.71. The lowest BCUT2D eigenvalue weighted by molar-refractivity contribution is -0.163. The minimum absolute atomic E-state index is 0.173. The molecule has 0 aliphatic heterocycles. The van der Waals surface area contributed by atoms with Crippen molar-refractivity contribution < 1.29 is 19.7 Å². The van der Waals surface area contributed by atoms with Gasteiger partial charge in [0.05, 0.1) is 7.11 Å². The van der Waals surface area contributed by atoms with Crippen molar-refractivity contribution in [1.29, 1.82) is 0 Å². The molecule has 0 spiro atoms. The second-order valence-corrected chi connectivity index (χ2v) is 7.81. The summed E-state index contributed by atoms with van der Waals surface area (Å²) in [6, 6.07) is 7.63. The molecule has 0 saturated heterocycles. The zero-order valence-corrected chi connectivity index (χ0v) is 15.0. The number of aliphatic carboxylic acids is 1. The van der Waals surface area contributed by atoms with E-state index in [4.69, 9.17) is 4.74 Å². The Morgan fingerprint density at radius 2 is 1.83 bits per heavy atom. The van der Waals surface area contributed by atoms with Crippen LogP contribution in [0.2, 0.25) is 0 Å². The molecule has 1 aliphatic rings. The summed E-state index contributed by atoms with van der Waals surface area (Å²) in [5, 5.41) is 20.7. The summed E-state index contributed by atoms with van der Waals surface area (Å²) >= 11 is 0. The smallest absolute Gasteiger partial charge is 0.335 e. The van der Waals surface area contributed by atoms with Gasteiger partial charge in [0.15, 0.2) is 5.60 Å². The molecule has 2 rings (SSSR count).